The summed E-state index contributed by atoms with van der Waals surface area (Å²) in [5.41, 5.74) is 1.65. The van der Waals surface area contributed by atoms with Gasteiger partial charge >= 0.3 is 0 Å². The van der Waals surface area contributed by atoms with Gasteiger partial charge in [0.1, 0.15) is 5.69 Å². The van der Waals surface area contributed by atoms with Crippen LogP contribution < -0.4 is 0 Å². The third-order valence-corrected chi connectivity index (χ3v) is 1.80. The zero-order chi connectivity index (χ0) is 9.14. The topological polar surface area (TPSA) is 34.9 Å². The zero-order valence-corrected chi connectivity index (χ0v) is 7.74. The van der Waals surface area contributed by atoms with Crippen molar-refractivity contribution in [2.24, 2.45) is 0 Å². The Morgan fingerprint density at radius 3 is 2.67 bits per heavy atom. The van der Waals surface area contributed by atoms with Crippen molar-refractivity contribution >= 4 is 6.29 Å². The van der Waals surface area contributed by atoms with E-state index >= 15 is 0 Å². The van der Waals surface area contributed by atoms with Crippen molar-refractivity contribution in [1.29, 1.82) is 0 Å². The fourth-order valence-corrected chi connectivity index (χ4v) is 1.22. The highest BCUT2D eigenvalue weighted by Crippen LogP contribution is 2.10. The summed E-state index contributed by atoms with van der Waals surface area (Å²) < 4.78 is 1.89. The van der Waals surface area contributed by atoms with Gasteiger partial charge in [-0.3, -0.25) is 9.48 Å². The molecule has 0 unspecified atom stereocenters. The van der Waals surface area contributed by atoms with Gasteiger partial charge < -0.3 is 0 Å². The van der Waals surface area contributed by atoms with Crippen LogP contribution in [0, 0.1) is 0 Å². The number of hydrogen-bond donors (Lipinski definition) is 0. The van der Waals surface area contributed by atoms with E-state index in [0.29, 0.717) is 11.7 Å². The standard InChI is InChI=1S/C9H14N2O/c1-4-9-5-8(6-12)10-11(9)7(2)3/h5-7H,4H2,1-3H3. The summed E-state index contributed by atoms with van der Waals surface area (Å²) in [5, 5.41) is 4.15. The van der Waals surface area contributed by atoms with Gasteiger partial charge in [-0.15, -0.1) is 0 Å². The van der Waals surface area contributed by atoms with Gasteiger partial charge in [0, 0.05) is 11.7 Å². The van der Waals surface area contributed by atoms with Gasteiger partial charge in [0.25, 0.3) is 0 Å². The molecular formula is C9H14N2O. The summed E-state index contributed by atoms with van der Waals surface area (Å²) in [7, 11) is 0. The van der Waals surface area contributed by atoms with Crippen LogP contribution in [0.2, 0.25) is 0 Å². The van der Waals surface area contributed by atoms with Gasteiger partial charge in [-0.2, -0.15) is 5.10 Å². The smallest absolute Gasteiger partial charge is 0.170 e. The van der Waals surface area contributed by atoms with E-state index in [-0.39, 0.29) is 0 Å². The molecule has 1 aromatic heterocycles. The summed E-state index contributed by atoms with van der Waals surface area (Å²) >= 11 is 0. The van der Waals surface area contributed by atoms with E-state index in [1.54, 1.807) is 0 Å². The average Bonchev–Trinajstić information content (AvgIpc) is 2.47. The van der Waals surface area contributed by atoms with Crippen LogP contribution in [0.4, 0.5) is 0 Å². The molecule has 0 aliphatic carbocycles. The van der Waals surface area contributed by atoms with E-state index in [9.17, 15) is 4.79 Å². The van der Waals surface area contributed by atoms with Crippen LogP contribution in [-0.2, 0) is 6.42 Å². The molecule has 1 heterocycles. The maximum atomic E-state index is 10.4. The SMILES string of the molecule is CCc1cc(C=O)nn1C(C)C. The van der Waals surface area contributed by atoms with Crippen LogP contribution in [0.15, 0.2) is 6.07 Å². The number of hydrogen-bond acceptors (Lipinski definition) is 2. The molecule has 0 atom stereocenters. The van der Waals surface area contributed by atoms with Gasteiger partial charge in [0.15, 0.2) is 6.29 Å². The van der Waals surface area contributed by atoms with Crippen molar-refractivity contribution in [3.05, 3.63) is 17.5 Å². The Morgan fingerprint density at radius 1 is 1.67 bits per heavy atom. The van der Waals surface area contributed by atoms with Crippen molar-refractivity contribution < 1.29 is 4.79 Å². The summed E-state index contributed by atoms with van der Waals surface area (Å²) in [6, 6.07) is 2.17. The van der Waals surface area contributed by atoms with Gasteiger partial charge in [0.2, 0.25) is 0 Å². The van der Waals surface area contributed by atoms with Crippen LogP contribution in [0.3, 0.4) is 0 Å². The predicted molar refractivity (Wildman–Crippen MR) is 47.4 cm³/mol. The van der Waals surface area contributed by atoms with Crippen molar-refractivity contribution in [2.45, 2.75) is 33.2 Å². The van der Waals surface area contributed by atoms with E-state index in [1.165, 1.54) is 0 Å². The molecule has 0 amide bonds. The summed E-state index contributed by atoms with van der Waals surface area (Å²) in [4.78, 5) is 10.4. The highest BCUT2D eigenvalue weighted by atomic mass is 16.1. The number of carbonyl (C=O) groups is 1. The highest BCUT2D eigenvalue weighted by Gasteiger charge is 2.07. The molecule has 0 spiro atoms. The van der Waals surface area contributed by atoms with Crippen LogP contribution in [-0.4, -0.2) is 16.1 Å². The Morgan fingerprint density at radius 2 is 2.33 bits per heavy atom. The van der Waals surface area contributed by atoms with E-state index in [2.05, 4.69) is 25.9 Å². The molecule has 0 N–H and O–H groups in total. The normalized spacial score (nSPS) is 10.7. The molecule has 12 heavy (non-hydrogen) atoms. The number of rotatable bonds is 3. The molecule has 0 aromatic carbocycles. The molecule has 3 nitrogen and oxygen atoms in total. The summed E-state index contributed by atoms with van der Waals surface area (Å²) in [6.45, 7) is 6.17. The minimum atomic E-state index is 0.327. The molecular weight excluding hydrogens is 152 g/mol. The lowest BCUT2D eigenvalue weighted by Gasteiger charge is -2.08. The molecule has 3 heteroatoms. The molecule has 1 rings (SSSR count). The van der Waals surface area contributed by atoms with E-state index in [0.717, 1.165) is 18.4 Å². The Balaban J connectivity index is 3.07. The molecule has 0 saturated heterocycles. The minimum absolute atomic E-state index is 0.327. The maximum Gasteiger partial charge on any atom is 0.170 e. The molecule has 0 bridgehead atoms. The zero-order valence-electron chi connectivity index (χ0n) is 7.74. The Kier molecular flexibility index (Phi) is 2.63. The lowest BCUT2D eigenvalue weighted by molar-refractivity contribution is 0.111. The van der Waals surface area contributed by atoms with Crippen LogP contribution in [0.1, 0.15) is 43.0 Å². The average molecular weight is 166 g/mol. The van der Waals surface area contributed by atoms with Gasteiger partial charge in [-0.25, -0.2) is 0 Å². The minimum Gasteiger partial charge on any atom is -0.296 e. The number of aromatic nitrogens is 2. The molecule has 0 fully saturated rings. The molecule has 0 radical (unpaired) electrons. The highest BCUT2D eigenvalue weighted by molar-refractivity contribution is 5.71. The molecule has 1 aromatic rings. The second kappa shape index (κ2) is 3.52. The van der Waals surface area contributed by atoms with Crippen molar-refractivity contribution in [2.75, 3.05) is 0 Å². The van der Waals surface area contributed by atoms with Gasteiger partial charge in [-0.05, 0) is 26.3 Å². The van der Waals surface area contributed by atoms with Gasteiger partial charge in [0.05, 0.1) is 0 Å². The van der Waals surface area contributed by atoms with Crippen molar-refractivity contribution in [3.63, 3.8) is 0 Å². The first kappa shape index (κ1) is 8.97. The van der Waals surface area contributed by atoms with Crippen molar-refractivity contribution in [3.8, 4) is 0 Å². The maximum absolute atomic E-state index is 10.4. The first-order valence-electron chi connectivity index (χ1n) is 4.22. The summed E-state index contributed by atoms with van der Waals surface area (Å²) in [6.07, 6.45) is 1.71. The molecule has 0 saturated carbocycles. The second-order valence-electron chi connectivity index (χ2n) is 3.07. The molecule has 66 valence electrons. The van der Waals surface area contributed by atoms with Crippen LogP contribution in [0.5, 0.6) is 0 Å². The number of carbonyl (C=O) groups excluding carboxylic acids is 1. The summed E-state index contributed by atoms with van der Waals surface area (Å²) in [5.74, 6) is 0. The second-order valence-corrected chi connectivity index (χ2v) is 3.07. The number of aldehydes is 1. The first-order valence-corrected chi connectivity index (χ1v) is 4.22. The van der Waals surface area contributed by atoms with Crippen LogP contribution in [0.25, 0.3) is 0 Å². The van der Waals surface area contributed by atoms with Crippen LogP contribution >= 0.6 is 0 Å². The van der Waals surface area contributed by atoms with E-state index in [1.807, 2.05) is 10.7 Å². The largest absolute Gasteiger partial charge is 0.296 e. The van der Waals surface area contributed by atoms with E-state index in [4.69, 9.17) is 0 Å². The Hall–Kier alpha value is -1.12. The Labute approximate surface area is 72.4 Å². The Bertz CT molecular complexity index is 276. The molecule has 0 aliphatic heterocycles. The third kappa shape index (κ3) is 1.55. The van der Waals surface area contributed by atoms with E-state index < -0.39 is 0 Å². The number of nitrogens with zero attached hydrogens (tertiary/aromatic N) is 2. The lowest BCUT2D eigenvalue weighted by atomic mass is 10.3. The monoisotopic (exact) mass is 166 g/mol. The van der Waals surface area contributed by atoms with Gasteiger partial charge in [-0.1, -0.05) is 6.92 Å². The first-order chi connectivity index (χ1) is 5.69. The molecule has 0 aliphatic rings. The fourth-order valence-electron chi connectivity index (χ4n) is 1.22. The van der Waals surface area contributed by atoms with Crippen molar-refractivity contribution in [1.82, 2.24) is 9.78 Å². The lowest BCUT2D eigenvalue weighted by Crippen LogP contribution is -2.06. The third-order valence-electron chi connectivity index (χ3n) is 1.80. The quantitative estimate of drug-likeness (QED) is 0.642. The number of aryl methyl sites for hydroxylation is 1. The fraction of sp³-hybridized carbons (Fsp3) is 0.556. The predicted octanol–water partition coefficient (Wildman–Crippen LogP) is 1.84.